The van der Waals surface area contributed by atoms with Crippen LogP contribution in [-0.4, -0.2) is 39.3 Å². The molecular weight excluding hydrogens is 384 g/mol. The monoisotopic (exact) mass is 422 g/mol. The van der Waals surface area contributed by atoms with Gasteiger partial charge in [-0.15, -0.1) is 0 Å². The number of nitriles is 1. The molecule has 1 atom stereocenters. The van der Waals surface area contributed by atoms with Crippen LogP contribution in [0, 0.1) is 31.1 Å². The first kappa shape index (κ1) is 24.8. The maximum atomic E-state index is 10.2. The average molecular weight is 423 g/mol. The van der Waals surface area contributed by atoms with Gasteiger partial charge in [-0.1, -0.05) is 38.1 Å². The van der Waals surface area contributed by atoms with Gasteiger partial charge in [0.05, 0.1) is 25.7 Å². The number of likely N-dealkylation sites (N-methyl/N-ethyl adjacent to an activating group) is 1. The van der Waals surface area contributed by atoms with Gasteiger partial charge in [-0.3, -0.25) is 0 Å². The summed E-state index contributed by atoms with van der Waals surface area (Å²) < 4.78 is 10.9. The van der Waals surface area contributed by atoms with E-state index in [4.69, 9.17) is 9.47 Å². The van der Waals surface area contributed by atoms with Crippen molar-refractivity contribution in [2.45, 2.75) is 52.4 Å². The lowest BCUT2D eigenvalue weighted by atomic mass is 9.69. The molecule has 0 fully saturated rings. The third kappa shape index (κ3) is 6.02. The molecule has 0 bridgehead atoms. The number of ether oxygens (including phenoxy) is 2. The molecule has 0 N–H and O–H groups in total. The summed E-state index contributed by atoms with van der Waals surface area (Å²) in [5.74, 6) is 1.55. The molecule has 0 amide bonds. The van der Waals surface area contributed by atoms with E-state index in [9.17, 15) is 5.26 Å². The van der Waals surface area contributed by atoms with Crippen molar-refractivity contribution in [3.63, 3.8) is 0 Å². The van der Waals surface area contributed by atoms with E-state index in [0.29, 0.717) is 11.5 Å². The number of hydrogen-bond donors (Lipinski definition) is 0. The fourth-order valence-corrected chi connectivity index (χ4v) is 4.15. The van der Waals surface area contributed by atoms with Gasteiger partial charge in [-0.2, -0.15) is 5.26 Å². The molecule has 2 aromatic rings. The van der Waals surface area contributed by atoms with Crippen LogP contribution in [0.5, 0.6) is 11.5 Å². The van der Waals surface area contributed by atoms with Crippen LogP contribution in [0.15, 0.2) is 36.4 Å². The second-order valence-corrected chi connectivity index (χ2v) is 8.88. The standard InChI is InChI=1S/C27H38N2O2/c1-20(2)27(19-28,24-11-12-25(30-6)26(18-24)31-7)14-8-15-29(5)16-13-23-10-9-21(3)22(4)17-23/h9-12,17-18,20H,8,13-16H2,1-7H3. The fourth-order valence-electron chi connectivity index (χ4n) is 4.15. The SMILES string of the molecule is COc1ccc(C(C#N)(CCCN(C)CCc2ccc(C)c(C)c2)C(C)C)cc1OC. The summed E-state index contributed by atoms with van der Waals surface area (Å²) in [5.41, 5.74) is 4.53. The number of nitrogens with zero attached hydrogens (tertiary/aromatic N) is 2. The van der Waals surface area contributed by atoms with Gasteiger partial charge in [-0.05, 0) is 87.0 Å². The molecule has 4 nitrogen and oxygen atoms in total. The van der Waals surface area contributed by atoms with Crippen LogP contribution in [0.25, 0.3) is 0 Å². The van der Waals surface area contributed by atoms with Crippen LogP contribution in [0.3, 0.4) is 0 Å². The predicted octanol–water partition coefficient (Wildman–Crippen LogP) is 5.69. The molecule has 31 heavy (non-hydrogen) atoms. The van der Waals surface area contributed by atoms with E-state index in [1.807, 2.05) is 18.2 Å². The Bertz CT molecular complexity index is 901. The van der Waals surface area contributed by atoms with E-state index in [0.717, 1.165) is 37.9 Å². The highest BCUT2D eigenvalue weighted by atomic mass is 16.5. The third-order valence-electron chi connectivity index (χ3n) is 6.55. The van der Waals surface area contributed by atoms with Gasteiger partial charge in [0.15, 0.2) is 11.5 Å². The van der Waals surface area contributed by atoms with Crippen LogP contribution in [0.1, 0.15) is 48.9 Å². The molecule has 4 heteroatoms. The van der Waals surface area contributed by atoms with E-state index in [1.165, 1.54) is 16.7 Å². The molecule has 2 aromatic carbocycles. The lowest BCUT2D eigenvalue weighted by Crippen LogP contribution is -2.32. The smallest absolute Gasteiger partial charge is 0.161 e. The topological polar surface area (TPSA) is 45.5 Å². The fraction of sp³-hybridized carbons (Fsp3) is 0.519. The first-order valence-corrected chi connectivity index (χ1v) is 11.2. The molecule has 168 valence electrons. The molecule has 0 aliphatic heterocycles. The molecule has 0 aliphatic rings. The number of hydrogen-bond acceptors (Lipinski definition) is 4. The Hall–Kier alpha value is -2.51. The summed E-state index contributed by atoms with van der Waals surface area (Å²) in [4.78, 5) is 2.37. The van der Waals surface area contributed by atoms with Crippen molar-refractivity contribution in [3.05, 3.63) is 58.7 Å². The van der Waals surface area contributed by atoms with Crippen LogP contribution in [-0.2, 0) is 11.8 Å². The first-order chi connectivity index (χ1) is 14.8. The zero-order valence-electron chi connectivity index (χ0n) is 20.3. The highest BCUT2D eigenvalue weighted by Gasteiger charge is 2.36. The quantitative estimate of drug-likeness (QED) is 0.466. The Morgan fingerprint density at radius 2 is 1.68 bits per heavy atom. The summed E-state index contributed by atoms with van der Waals surface area (Å²) in [5, 5.41) is 10.2. The molecule has 0 aromatic heterocycles. The van der Waals surface area contributed by atoms with Crippen molar-refractivity contribution in [2.24, 2.45) is 5.92 Å². The summed E-state index contributed by atoms with van der Waals surface area (Å²) in [7, 11) is 5.43. The molecule has 0 radical (unpaired) electrons. The van der Waals surface area contributed by atoms with Crippen molar-refractivity contribution < 1.29 is 9.47 Å². The minimum Gasteiger partial charge on any atom is -0.493 e. The zero-order valence-corrected chi connectivity index (χ0v) is 20.3. The molecule has 0 saturated heterocycles. The van der Waals surface area contributed by atoms with Crippen molar-refractivity contribution in [1.82, 2.24) is 4.90 Å². The Kier molecular flexibility index (Phi) is 8.95. The van der Waals surface area contributed by atoms with E-state index in [-0.39, 0.29) is 5.92 Å². The van der Waals surface area contributed by atoms with Crippen molar-refractivity contribution >= 4 is 0 Å². The van der Waals surface area contributed by atoms with Crippen molar-refractivity contribution in [3.8, 4) is 17.6 Å². The van der Waals surface area contributed by atoms with E-state index < -0.39 is 5.41 Å². The zero-order chi connectivity index (χ0) is 23.0. The number of methoxy groups -OCH3 is 2. The molecule has 0 heterocycles. The lowest BCUT2D eigenvalue weighted by Gasteiger charge is -2.32. The molecular formula is C27H38N2O2. The van der Waals surface area contributed by atoms with Crippen LogP contribution < -0.4 is 9.47 Å². The van der Waals surface area contributed by atoms with Gasteiger partial charge in [0, 0.05) is 6.54 Å². The molecule has 0 aliphatic carbocycles. The molecule has 0 saturated carbocycles. The van der Waals surface area contributed by atoms with Gasteiger partial charge >= 0.3 is 0 Å². The molecule has 0 spiro atoms. The largest absolute Gasteiger partial charge is 0.493 e. The highest BCUT2D eigenvalue weighted by molar-refractivity contribution is 5.47. The third-order valence-corrected chi connectivity index (χ3v) is 6.55. The summed E-state index contributed by atoms with van der Waals surface area (Å²) in [6.45, 7) is 10.6. The summed E-state index contributed by atoms with van der Waals surface area (Å²) in [6.07, 6.45) is 2.81. The highest BCUT2D eigenvalue weighted by Crippen LogP contribution is 2.40. The minimum atomic E-state index is -0.547. The number of rotatable bonds is 11. The second-order valence-electron chi connectivity index (χ2n) is 8.88. The average Bonchev–Trinajstić information content (AvgIpc) is 2.77. The van der Waals surface area contributed by atoms with Gasteiger partial charge in [0.1, 0.15) is 0 Å². The Balaban J connectivity index is 2.03. The van der Waals surface area contributed by atoms with Gasteiger partial charge < -0.3 is 14.4 Å². The second kappa shape index (κ2) is 11.2. The summed E-state index contributed by atoms with van der Waals surface area (Å²) >= 11 is 0. The maximum Gasteiger partial charge on any atom is 0.161 e. The predicted molar refractivity (Wildman–Crippen MR) is 128 cm³/mol. The van der Waals surface area contributed by atoms with Gasteiger partial charge in [0.25, 0.3) is 0 Å². The maximum absolute atomic E-state index is 10.2. The Morgan fingerprint density at radius 3 is 2.26 bits per heavy atom. The summed E-state index contributed by atoms with van der Waals surface area (Å²) in [6, 6.07) is 15.2. The van der Waals surface area contributed by atoms with E-state index in [1.54, 1.807) is 14.2 Å². The van der Waals surface area contributed by atoms with Crippen molar-refractivity contribution in [1.29, 1.82) is 5.26 Å². The first-order valence-electron chi connectivity index (χ1n) is 11.2. The number of benzene rings is 2. The number of aryl methyl sites for hydroxylation is 2. The normalized spacial score (nSPS) is 13.2. The lowest BCUT2D eigenvalue weighted by molar-refractivity contribution is 0.292. The van der Waals surface area contributed by atoms with E-state index in [2.05, 4.69) is 63.9 Å². The Labute approximate surface area is 188 Å². The van der Waals surface area contributed by atoms with Crippen LogP contribution in [0.4, 0.5) is 0 Å². The molecule has 2 rings (SSSR count). The minimum absolute atomic E-state index is 0.191. The molecule has 1 unspecified atom stereocenters. The van der Waals surface area contributed by atoms with Gasteiger partial charge in [0.2, 0.25) is 0 Å². The van der Waals surface area contributed by atoms with Crippen LogP contribution >= 0.6 is 0 Å². The van der Waals surface area contributed by atoms with Crippen LogP contribution in [0.2, 0.25) is 0 Å². The van der Waals surface area contributed by atoms with Gasteiger partial charge in [-0.25, -0.2) is 0 Å². The van der Waals surface area contributed by atoms with Crippen molar-refractivity contribution in [2.75, 3.05) is 34.4 Å². The Morgan fingerprint density at radius 1 is 0.968 bits per heavy atom. The van der Waals surface area contributed by atoms with E-state index >= 15 is 0 Å².